The molecule has 3 unspecified atom stereocenters. The van der Waals surface area contributed by atoms with E-state index in [-0.39, 0.29) is 0 Å². The number of piperidine rings is 3. The molecule has 3 heteroatoms. The summed E-state index contributed by atoms with van der Waals surface area (Å²) in [6, 6.07) is 5.06. The Morgan fingerprint density at radius 3 is 2.81 bits per heavy atom. The van der Waals surface area contributed by atoms with Crippen molar-refractivity contribution >= 4 is 16.9 Å². The molecule has 1 aromatic heterocycles. The molecule has 3 atom stereocenters. The van der Waals surface area contributed by atoms with Crippen molar-refractivity contribution in [2.45, 2.75) is 30.0 Å². The molecule has 4 heterocycles. The number of nitrogens with zero attached hydrogens (tertiary/aromatic N) is 2. The Labute approximate surface area is 106 Å². The Balaban J connectivity index is 1.75. The molecule has 3 fully saturated rings. The maximum atomic E-state index is 4.22. The van der Waals surface area contributed by atoms with Crippen LogP contribution >= 0.6 is 0 Å². The molecule has 4 rings (SSSR count). The Kier molecular flexibility index (Phi) is 3.04. The van der Waals surface area contributed by atoms with E-state index in [4.69, 9.17) is 0 Å². The summed E-state index contributed by atoms with van der Waals surface area (Å²) in [4.78, 5) is 6.93. The van der Waals surface area contributed by atoms with Crippen LogP contribution in [0.2, 0.25) is 4.71 Å². The van der Waals surface area contributed by atoms with Gasteiger partial charge in [-0.1, -0.05) is 0 Å². The number of rotatable bonds is 2. The van der Waals surface area contributed by atoms with E-state index in [0.29, 0.717) is 0 Å². The Bertz CT molecular complexity index is 344. The molecule has 0 spiro atoms. The van der Waals surface area contributed by atoms with Gasteiger partial charge in [0, 0.05) is 0 Å². The standard InChI is InChI=1S/C13H19AsN2/c14-13-11-3-6-16(7-4-11)12(13)8-10-2-1-5-15-9-10/h1-2,5,9,11-13H,3-4,6-8,14H2. The van der Waals surface area contributed by atoms with Gasteiger partial charge in [-0.15, -0.1) is 0 Å². The summed E-state index contributed by atoms with van der Waals surface area (Å²) in [7, 11) is 0. The van der Waals surface area contributed by atoms with Gasteiger partial charge in [0.1, 0.15) is 0 Å². The molecule has 2 nitrogen and oxygen atoms in total. The molecule has 1 aromatic rings. The molecule has 0 amide bonds. The first-order valence-electron chi connectivity index (χ1n) is 6.23. The molecular weight excluding hydrogens is 259 g/mol. The van der Waals surface area contributed by atoms with Crippen molar-refractivity contribution in [3.8, 4) is 0 Å². The minimum absolute atomic E-state index is 0.789. The molecule has 3 aliphatic heterocycles. The fraction of sp³-hybridized carbons (Fsp3) is 0.615. The summed E-state index contributed by atoms with van der Waals surface area (Å²) in [6.45, 7) is 2.66. The van der Waals surface area contributed by atoms with Crippen LogP contribution in [-0.4, -0.2) is 45.9 Å². The van der Waals surface area contributed by atoms with Gasteiger partial charge in [0.25, 0.3) is 0 Å². The van der Waals surface area contributed by atoms with Crippen LogP contribution < -0.4 is 0 Å². The van der Waals surface area contributed by atoms with Crippen LogP contribution in [0.4, 0.5) is 0 Å². The summed E-state index contributed by atoms with van der Waals surface area (Å²) >= 11 is 1.95. The van der Waals surface area contributed by atoms with Crippen LogP contribution in [-0.2, 0) is 6.42 Å². The molecule has 0 saturated carbocycles. The average Bonchev–Trinajstić information content (AvgIpc) is 2.36. The number of hydrogen-bond acceptors (Lipinski definition) is 2. The van der Waals surface area contributed by atoms with E-state index >= 15 is 0 Å². The van der Waals surface area contributed by atoms with E-state index in [2.05, 4.69) is 22.0 Å². The molecule has 16 heavy (non-hydrogen) atoms. The molecule has 3 aliphatic rings. The Morgan fingerprint density at radius 1 is 1.38 bits per heavy atom. The zero-order chi connectivity index (χ0) is 11.0. The van der Waals surface area contributed by atoms with Crippen LogP contribution in [0.5, 0.6) is 0 Å². The van der Waals surface area contributed by atoms with E-state index in [1.54, 1.807) is 0 Å². The van der Waals surface area contributed by atoms with Gasteiger partial charge >= 0.3 is 106 Å². The van der Waals surface area contributed by atoms with Gasteiger partial charge < -0.3 is 0 Å². The van der Waals surface area contributed by atoms with Crippen LogP contribution in [0.15, 0.2) is 24.5 Å². The molecular formula is C13H19AsN2. The molecule has 2 bridgehead atoms. The third-order valence-electron chi connectivity index (χ3n) is 4.20. The quantitative estimate of drug-likeness (QED) is 0.754. The van der Waals surface area contributed by atoms with E-state index in [0.717, 1.165) is 16.7 Å². The van der Waals surface area contributed by atoms with Crippen molar-refractivity contribution in [2.24, 2.45) is 5.92 Å². The normalized spacial score (nSPS) is 37.6. The van der Waals surface area contributed by atoms with E-state index in [1.807, 2.05) is 29.2 Å². The van der Waals surface area contributed by atoms with Gasteiger partial charge in [-0.05, 0) is 0 Å². The Hall–Kier alpha value is -0.332. The van der Waals surface area contributed by atoms with E-state index < -0.39 is 0 Å². The number of aromatic nitrogens is 1. The van der Waals surface area contributed by atoms with Crippen molar-refractivity contribution < 1.29 is 0 Å². The Morgan fingerprint density at radius 2 is 2.19 bits per heavy atom. The first-order valence-corrected chi connectivity index (χ1v) is 7.63. The van der Waals surface area contributed by atoms with Gasteiger partial charge in [0.15, 0.2) is 0 Å². The third-order valence-corrected chi connectivity index (χ3v) is 6.27. The number of pyridine rings is 1. The summed E-state index contributed by atoms with van der Waals surface area (Å²) in [5, 5.41) is 0. The molecule has 0 aromatic carbocycles. The van der Waals surface area contributed by atoms with E-state index in [1.165, 1.54) is 37.9 Å². The molecule has 0 aliphatic carbocycles. The van der Waals surface area contributed by atoms with Gasteiger partial charge in [0.2, 0.25) is 0 Å². The SMILES string of the molecule is [AsH2]C1C2CCN(CC2)C1Cc1cccnc1. The topological polar surface area (TPSA) is 16.1 Å². The summed E-state index contributed by atoms with van der Waals surface area (Å²) in [6.07, 6.45) is 7.97. The van der Waals surface area contributed by atoms with Gasteiger partial charge in [0.05, 0.1) is 0 Å². The second kappa shape index (κ2) is 4.50. The maximum absolute atomic E-state index is 4.22. The first-order chi connectivity index (χ1) is 7.84. The van der Waals surface area contributed by atoms with Gasteiger partial charge in [-0.2, -0.15) is 0 Å². The molecule has 0 N–H and O–H groups in total. The third kappa shape index (κ3) is 1.94. The van der Waals surface area contributed by atoms with E-state index in [9.17, 15) is 0 Å². The van der Waals surface area contributed by atoms with Crippen LogP contribution in [0.1, 0.15) is 18.4 Å². The first kappa shape index (κ1) is 10.8. The van der Waals surface area contributed by atoms with Crippen molar-refractivity contribution in [3.05, 3.63) is 30.1 Å². The van der Waals surface area contributed by atoms with Crippen molar-refractivity contribution in [2.75, 3.05) is 13.1 Å². The second-order valence-electron chi connectivity index (χ2n) is 5.08. The number of hydrogen-bond donors (Lipinski definition) is 0. The second-order valence-corrected chi connectivity index (χ2v) is 6.70. The fourth-order valence-electron chi connectivity index (χ4n) is 3.22. The zero-order valence-corrected chi connectivity index (χ0v) is 12.0. The predicted molar refractivity (Wildman–Crippen MR) is 68.3 cm³/mol. The van der Waals surface area contributed by atoms with Crippen LogP contribution in [0.3, 0.4) is 0 Å². The molecule has 0 radical (unpaired) electrons. The molecule has 86 valence electrons. The number of fused-ring (bicyclic) bond motifs is 3. The average molecular weight is 278 g/mol. The minimum atomic E-state index is 0.789. The van der Waals surface area contributed by atoms with Gasteiger partial charge in [-0.25, -0.2) is 0 Å². The van der Waals surface area contributed by atoms with Crippen LogP contribution in [0, 0.1) is 5.92 Å². The predicted octanol–water partition coefficient (Wildman–Crippen LogP) is 1.14. The van der Waals surface area contributed by atoms with Gasteiger partial charge in [-0.3, -0.25) is 0 Å². The zero-order valence-electron chi connectivity index (χ0n) is 9.55. The fourth-order valence-corrected chi connectivity index (χ4v) is 4.82. The summed E-state index contributed by atoms with van der Waals surface area (Å²) in [5.41, 5.74) is 1.41. The summed E-state index contributed by atoms with van der Waals surface area (Å²) in [5.74, 6) is 1.01. The summed E-state index contributed by atoms with van der Waals surface area (Å²) < 4.78 is 0.926. The molecule has 3 saturated heterocycles. The van der Waals surface area contributed by atoms with Crippen molar-refractivity contribution in [1.82, 2.24) is 9.88 Å². The van der Waals surface area contributed by atoms with Crippen molar-refractivity contribution in [1.29, 1.82) is 0 Å². The van der Waals surface area contributed by atoms with Crippen LogP contribution in [0.25, 0.3) is 0 Å². The van der Waals surface area contributed by atoms with Crippen molar-refractivity contribution in [3.63, 3.8) is 0 Å². The monoisotopic (exact) mass is 278 g/mol.